The SMILES string of the molecule is CC1(c2ccccc2)CC(C)(C)N(C(=O)c2ccc(Cl)cc2)c2cc(N)ccc21. The molecule has 0 bridgehead atoms. The zero-order valence-electron chi connectivity index (χ0n) is 16.9. The fourth-order valence-corrected chi connectivity index (χ4v) is 4.86. The fraction of sp³-hybridized carbons (Fsp3) is 0.240. The van der Waals surface area contributed by atoms with E-state index in [9.17, 15) is 4.79 Å². The lowest BCUT2D eigenvalue weighted by molar-refractivity contribution is 0.0949. The molecule has 29 heavy (non-hydrogen) atoms. The molecule has 3 aromatic carbocycles. The Morgan fingerprint density at radius 3 is 2.28 bits per heavy atom. The van der Waals surface area contributed by atoms with E-state index in [0.29, 0.717) is 16.3 Å². The second-order valence-electron chi connectivity index (χ2n) is 8.61. The van der Waals surface area contributed by atoms with E-state index in [-0.39, 0.29) is 11.3 Å². The van der Waals surface area contributed by atoms with Crippen molar-refractivity contribution < 1.29 is 4.79 Å². The van der Waals surface area contributed by atoms with E-state index in [1.807, 2.05) is 23.1 Å². The fourth-order valence-electron chi connectivity index (χ4n) is 4.74. The standard InChI is InChI=1S/C25H25ClN2O/c1-24(2)16-25(3,18-7-5-4-6-8-18)21-14-13-20(27)15-22(21)28(24)23(29)17-9-11-19(26)12-10-17/h4-15H,16,27H2,1-3H3. The van der Waals surface area contributed by atoms with Gasteiger partial charge in [-0.25, -0.2) is 0 Å². The van der Waals surface area contributed by atoms with E-state index in [0.717, 1.165) is 17.7 Å². The molecule has 1 aliphatic heterocycles. The number of carbonyl (C=O) groups is 1. The molecule has 0 aromatic heterocycles. The Balaban J connectivity index is 1.91. The van der Waals surface area contributed by atoms with Crippen molar-refractivity contribution in [1.29, 1.82) is 0 Å². The molecule has 4 heteroatoms. The summed E-state index contributed by atoms with van der Waals surface area (Å²) in [6.07, 6.45) is 0.792. The lowest BCUT2D eigenvalue weighted by Gasteiger charge is -2.51. The molecule has 1 atom stereocenters. The highest BCUT2D eigenvalue weighted by Crippen LogP contribution is 2.51. The van der Waals surface area contributed by atoms with Crippen molar-refractivity contribution >= 4 is 28.9 Å². The van der Waals surface area contributed by atoms with Crippen LogP contribution in [-0.2, 0) is 5.41 Å². The third-order valence-electron chi connectivity index (χ3n) is 5.95. The molecule has 0 fully saturated rings. The maximum atomic E-state index is 13.6. The van der Waals surface area contributed by atoms with Gasteiger partial charge in [-0.1, -0.05) is 54.9 Å². The van der Waals surface area contributed by atoms with Crippen molar-refractivity contribution in [2.75, 3.05) is 10.6 Å². The van der Waals surface area contributed by atoms with Gasteiger partial charge in [-0.15, -0.1) is 0 Å². The van der Waals surface area contributed by atoms with E-state index in [1.165, 1.54) is 5.56 Å². The number of rotatable bonds is 2. The first kappa shape index (κ1) is 19.5. The predicted molar refractivity (Wildman–Crippen MR) is 121 cm³/mol. The number of hydrogen-bond acceptors (Lipinski definition) is 2. The number of amides is 1. The van der Waals surface area contributed by atoms with Crippen molar-refractivity contribution in [2.24, 2.45) is 0 Å². The van der Waals surface area contributed by atoms with Gasteiger partial charge in [0, 0.05) is 27.2 Å². The summed E-state index contributed by atoms with van der Waals surface area (Å²) in [5.41, 5.74) is 9.98. The Morgan fingerprint density at radius 2 is 1.62 bits per heavy atom. The van der Waals surface area contributed by atoms with Gasteiger partial charge in [-0.2, -0.15) is 0 Å². The largest absolute Gasteiger partial charge is 0.399 e. The molecule has 148 valence electrons. The van der Waals surface area contributed by atoms with Crippen LogP contribution in [0.1, 0.15) is 48.7 Å². The van der Waals surface area contributed by atoms with Crippen LogP contribution in [0.4, 0.5) is 11.4 Å². The maximum absolute atomic E-state index is 13.6. The highest BCUT2D eigenvalue weighted by Gasteiger charge is 2.47. The molecular formula is C25H25ClN2O. The van der Waals surface area contributed by atoms with Gasteiger partial charge in [0.25, 0.3) is 5.91 Å². The van der Waals surface area contributed by atoms with Gasteiger partial charge in [-0.3, -0.25) is 4.79 Å². The molecule has 1 heterocycles. The molecule has 1 aliphatic rings. The van der Waals surface area contributed by atoms with Crippen LogP contribution in [0, 0.1) is 0 Å². The number of halogens is 1. The summed E-state index contributed by atoms with van der Waals surface area (Å²) in [5, 5.41) is 0.612. The smallest absolute Gasteiger partial charge is 0.258 e. The van der Waals surface area contributed by atoms with E-state index < -0.39 is 5.54 Å². The molecule has 0 saturated carbocycles. The molecular weight excluding hydrogens is 380 g/mol. The van der Waals surface area contributed by atoms with Gasteiger partial charge in [0.1, 0.15) is 0 Å². The third-order valence-corrected chi connectivity index (χ3v) is 6.21. The van der Waals surface area contributed by atoms with Gasteiger partial charge in [0.2, 0.25) is 0 Å². The van der Waals surface area contributed by atoms with E-state index >= 15 is 0 Å². The minimum Gasteiger partial charge on any atom is -0.399 e. The molecule has 3 nitrogen and oxygen atoms in total. The first-order chi connectivity index (χ1) is 13.7. The zero-order valence-corrected chi connectivity index (χ0v) is 17.7. The van der Waals surface area contributed by atoms with E-state index in [1.54, 1.807) is 24.3 Å². The summed E-state index contributed by atoms with van der Waals surface area (Å²) in [6, 6.07) is 23.4. The topological polar surface area (TPSA) is 46.3 Å². The number of carbonyl (C=O) groups excluding carboxylic acids is 1. The summed E-state index contributed by atoms with van der Waals surface area (Å²) < 4.78 is 0. The molecule has 4 rings (SSSR count). The number of fused-ring (bicyclic) bond motifs is 1. The lowest BCUT2D eigenvalue weighted by Crippen LogP contribution is -2.55. The van der Waals surface area contributed by atoms with Crippen LogP contribution < -0.4 is 10.6 Å². The van der Waals surface area contributed by atoms with E-state index in [2.05, 4.69) is 51.1 Å². The highest BCUT2D eigenvalue weighted by molar-refractivity contribution is 6.30. The van der Waals surface area contributed by atoms with Gasteiger partial charge in [-0.05, 0) is 67.8 Å². The van der Waals surface area contributed by atoms with Crippen LogP contribution in [0.25, 0.3) is 0 Å². The lowest BCUT2D eigenvalue weighted by atomic mass is 9.65. The summed E-state index contributed by atoms with van der Waals surface area (Å²) in [4.78, 5) is 15.5. The van der Waals surface area contributed by atoms with Gasteiger partial charge in [0.15, 0.2) is 0 Å². The van der Waals surface area contributed by atoms with Crippen LogP contribution in [-0.4, -0.2) is 11.4 Å². The maximum Gasteiger partial charge on any atom is 0.258 e. The number of nitrogens with two attached hydrogens (primary N) is 1. The molecule has 0 spiro atoms. The third kappa shape index (κ3) is 3.30. The molecule has 1 unspecified atom stereocenters. The Hall–Kier alpha value is -2.78. The number of nitrogen functional groups attached to an aromatic ring is 1. The molecule has 1 amide bonds. The van der Waals surface area contributed by atoms with Crippen LogP contribution in [0.15, 0.2) is 72.8 Å². The van der Waals surface area contributed by atoms with Crippen LogP contribution in [0.3, 0.4) is 0 Å². The number of nitrogens with zero attached hydrogens (tertiary/aromatic N) is 1. The second-order valence-corrected chi connectivity index (χ2v) is 9.05. The Kier molecular flexibility index (Phi) is 4.66. The first-order valence-electron chi connectivity index (χ1n) is 9.78. The van der Waals surface area contributed by atoms with Crippen molar-refractivity contribution in [3.8, 4) is 0 Å². The molecule has 0 saturated heterocycles. The van der Waals surface area contributed by atoms with Crippen LogP contribution in [0.2, 0.25) is 5.02 Å². The summed E-state index contributed by atoms with van der Waals surface area (Å²) in [7, 11) is 0. The average Bonchev–Trinajstić information content (AvgIpc) is 2.68. The number of benzene rings is 3. The molecule has 2 N–H and O–H groups in total. The second kappa shape index (κ2) is 6.93. The quantitative estimate of drug-likeness (QED) is 0.528. The minimum atomic E-state index is -0.415. The minimum absolute atomic E-state index is 0.0476. The molecule has 3 aromatic rings. The Labute approximate surface area is 177 Å². The van der Waals surface area contributed by atoms with E-state index in [4.69, 9.17) is 17.3 Å². The average molecular weight is 405 g/mol. The summed E-state index contributed by atoms with van der Waals surface area (Å²) in [5.74, 6) is -0.0476. The monoisotopic (exact) mass is 404 g/mol. The number of hydrogen-bond donors (Lipinski definition) is 1. The van der Waals surface area contributed by atoms with Crippen molar-refractivity contribution in [3.05, 3.63) is 94.5 Å². The number of anilines is 2. The van der Waals surface area contributed by atoms with Crippen LogP contribution in [0.5, 0.6) is 0 Å². The van der Waals surface area contributed by atoms with Crippen molar-refractivity contribution in [3.63, 3.8) is 0 Å². The van der Waals surface area contributed by atoms with Gasteiger partial charge >= 0.3 is 0 Å². The first-order valence-corrected chi connectivity index (χ1v) is 10.2. The van der Waals surface area contributed by atoms with Crippen LogP contribution >= 0.6 is 11.6 Å². The molecule has 0 radical (unpaired) electrons. The summed E-state index contributed by atoms with van der Waals surface area (Å²) >= 11 is 6.02. The molecule has 0 aliphatic carbocycles. The predicted octanol–water partition coefficient (Wildman–Crippen LogP) is 6.06. The Bertz CT molecular complexity index is 1060. The van der Waals surface area contributed by atoms with Gasteiger partial charge < -0.3 is 10.6 Å². The highest BCUT2D eigenvalue weighted by atomic mass is 35.5. The van der Waals surface area contributed by atoms with Crippen molar-refractivity contribution in [2.45, 2.75) is 38.1 Å². The van der Waals surface area contributed by atoms with Gasteiger partial charge in [0.05, 0.1) is 5.69 Å². The van der Waals surface area contributed by atoms with Crippen molar-refractivity contribution in [1.82, 2.24) is 0 Å². The summed E-state index contributed by atoms with van der Waals surface area (Å²) in [6.45, 7) is 6.49. The Morgan fingerprint density at radius 1 is 0.966 bits per heavy atom. The zero-order chi connectivity index (χ0) is 20.8. The normalized spacial score (nSPS) is 20.2.